The Morgan fingerprint density at radius 1 is 1.18 bits per heavy atom. The highest BCUT2D eigenvalue weighted by Gasteiger charge is 2.24. The molecule has 0 aliphatic rings. The van der Waals surface area contributed by atoms with Gasteiger partial charge in [0, 0.05) is 16.5 Å². The molecule has 0 saturated carbocycles. The van der Waals surface area contributed by atoms with E-state index in [1.165, 1.54) is 0 Å². The zero-order valence-corrected chi connectivity index (χ0v) is 19.1. The van der Waals surface area contributed by atoms with Crippen LogP contribution in [0.1, 0.15) is 31.2 Å². The van der Waals surface area contributed by atoms with Gasteiger partial charge in [-0.2, -0.15) is 10.1 Å². The molecule has 1 aromatic carbocycles. The second kappa shape index (κ2) is 7.63. The third-order valence-electron chi connectivity index (χ3n) is 4.23. The molecule has 3 aromatic heterocycles. The number of hydrogen-bond donors (Lipinski definition) is 0. The molecular weight excluding hydrogens is 483 g/mol. The summed E-state index contributed by atoms with van der Waals surface area (Å²) in [6.45, 7) is 6.02. The third kappa shape index (κ3) is 3.52. The first kappa shape index (κ1) is 19.6. The lowest BCUT2D eigenvalue weighted by atomic mass is 10.1. The number of halogens is 3. The Balaban J connectivity index is 1.96. The summed E-state index contributed by atoms with van der Waals surface area (Å²) in [5.74, 6) is 1.20. The summed E-state index contributed by atoms with van der Waals surface area (Å²) in [4.78, 5) is 5.55. The van der Waals surface area contributed by atoms with Gasteiger partial charge in [-0.15, -0.1) is 11.3 Å². The van der Waals surface area contributed by atoms with Gasteiger partial charge in [-0.05, 0) is 53.2 Å². The van der Waals surface area contributed by atoms with Crippen LogP contribution in [0.2, 0.25) is 10.0 Å². The van der Waals surface area contributed by atoms with Crippen LogP contribution < -0.4 is 0 Å². The molecule has 0 fully saturated rings. The van der Waals surface area contributed by atoms with Crippen molar-refractivity contribution >= 4 is 50.5 Å². The molecule has 0 N–H and O–H groups in total. The van der Waals surface area contributed by atoms with Crippen LogP contribution in [0, 0.1) is 6.92 Å². The van der Waals surface area contributed by atoms with Crippen LogP contribution in [0.25, 0.3) is 27.8 Å². The van der Waals surface area contributed by atoms with Gasteiger partial charge in [0.15, 0.2) is 11.5 Å². The maximum absolute atomic E-state index is 6.48. The van der Waals surface area contributed by atoms with Crippen molar-refractivity contribution < 1.29 is 4.52 Å². The average molecular weight is 498 g/mol. The minimum Gasteiger partial charge on any atom is -0.332 e. The number of aromatic nitrogens is 4. The molecule has 0 radical (unpaired) electrons. The van der Waals surface area contributed by atoms with Crippen molar-refractivity contribution in [2.24, 2.45) is 0 Å². The first-order valence-electron chi connectivity index (χ1n) is 8.50. The molecule has 0 aliphatic heterocycles. The molecule has 0 bridgehead atoms. The monoisotopic (exact) mass is 496 g/mol. The summed E-state index contributed by atoms with van der Waals surface area (Å²) in [6.07, 6.45) is 0. The molecule has 4 rings (SSSR count). The van der Waals surface area contributed by atoms with Crippen LogP contribution >= 0.6 is 50.5 Å². The Kier molecular flexibility index (Phi) is 5.35. The fraction of sp³-hybridized carbons (Fsp3) is 0.211. The van der Waals surface area contributed by atoms with Gasteiger partial charge in [0.2, 0.25) is 0 Å². The Bertz CT molecular complexity index is 1160. The summed E-state index contributed by atoms with van der Waals surface area (Å²) in [7, 11) is 0. The van der Waals surface area contributed by atoms with Crippen molar-refractivity contribution in [1.29, 1.82) is 0 Å². The lowest BCUT2D eigenvalue weighted by Gasteiger charge is -2.09. The van der Waals surface area contributed by atoms with Gasteiger partial charge >= 0.3 is 0 Å². The maximum atomic E-state index is 6.48. The van der Waals surface area contributed by atoms with Crippen LogP contribution in [0.3, 0.4) is 0 Å². The lowest BCUT2D eigenvalue weighted by Crippen LogP contribution is -2.00. The minimum absolute atomic E-state index is 0.165. The lowest BCUT2D eigenvalue weighted by molar-refractivity contribution is 0.417. The summed E-state index contributed by atoms with van der Waals surface area (Å²) < 4.78 is 8.32. The molecule has 0 unspecified atom stereocenters. The van der Waals surface area contributed by atoms with Crippen molar-refractivity contribution in [3.8, 4) is 27.8 Å². The molecule has 0 amide bonds. The molecule has 0 saturated heterocycles. The highest BCUT2D eigenvalue weighted by atomic mass is 79.9. The third-order valence-corrected chi connectivity index (χ3v) is 6.40. The van der Waals surface area contributed by atoms with Crippen LogP contribution in [0.4, 0.5) is 0 Å². The van der Waals surface area contributed by atoms with Gasteiger partial charge in [-0.1, -0.05) is 42.2 Å². The van der Waals surface area contributed by atoms with Crippen molar-refractivity contribution in [3.63, 3.8) is 0 Å². The second-order valence-corrected chi connectivity index (χ2v) is 9.85. The molecule has 28 heavy (non-hydrogen) atoms. The topological polar surface area (TPSA) is 56.7 Å². The van der Waals surface area contributed by atoms with E-state index in [0.29, 0.717) is 27.5 Å². The maximum Gasteiger partial charge on any atom is 0.278 e. The Morgan fingerprint density at radius 2 is 1.96 bits per heavy atom. The number of nitrogens with zero attached hydrogens (tertiary/aromatic N) is 4. The van der Waals surface area contributed by atoms with E-state index in [-0.39, 0.29) is 5.92 Å². The van der Waals surface area contributed by atoms with Gasteiger partial charge in [0.05, 0.1) is 25.1 Å². The van der Waals surface area contributed by atoms with Crippen LogP contribution in [0.5, 0.6) is 0 Å². The summed E-state index contributed by atoms with van der Waals surface area (Å²) in [5, 5.41) is 9.92. The van der Waals surface area contributed by atoms with E-state index in [9.17, 15) is 0 Å². The van der Waals surface area contributed by atoms with Gasteiger partial charge in [-0.3, -0.25) is 0 Å². The molecule has 0 spiro atoms. The molecule has 0 atom stereocenters. The Labute approximate surface area is 184 Å². The van der Waals surface area contributed by atoms with E-state index in [4.69, 9.17) is 32.8 Å². The van der Waals surface area contributed by atoms with Crippen molar-refractivity contribution in [1.82, 2.24) is 19.9 Å². The highest BCUT2D eigenvalue weighted by Crippen LogP contribution is 2.39. The van der Waals surface area contributed by atoms with E-state index in [0.717, 1.165) is 25.6 Å². The number of benzene rings is 1. The predicted octanol–water partition coefficient (Wildman–Crippen LogP) is 7.15. The Hall–Kier alpha value is -1.67. The fourth-order valence-corrected chi connectivity index (χ4v) is 4.79. The quantitative estimate of drug-likeness (QED) is 0.300. The standard InChI is InChI=1S/C19H15BrCl2N4OS/c1-9(2)18-23-19(27-25-18)16-10(3)17(14-6-7-15(20)28-14)26(24-16)13-5-4-11(21)8-12(13)22/h4-9H,1-3H3. The molecule has 9 heteroatoms. The van der Waals surface area contributed by atoms with Gasteiger partial charge in [0.1, 0.15) is 0 Å². The molecule has 144 valence electrons. The molecule has 3 heterocycles. The first-order chi connectivity index (χ1) is 13.3. The number of hydrogen-bond acceptors (Lipinski definition) is 5. The number of thiophene rings is 1. The van der Waals surface area contributed by atoms with Crippen molar-refractivity contribution in [2.45, 2.75) is 26.7 Å². The number of rotatable bonds is 4. The first-order valence-corrected chi connectivity index (χ1v) is 10.9. The molecule has 5 nitrogen and oxygen atoms in total. The van der Waals surface area contributed by atoms with Crippen LogP contribution in [0.15, 0.2) is 38.6 Å². The van der Waals surface area contributed by atoms with Gasteiger partial charge in [0.25, 0.3) is 5.89 Å². The van der Waals surface area contributed by atoms with E-state index in [1.54, 1.807) is 28.2 Å². The Morgan fingerprint density at radius 3 is 2.57 bits per heavy atom. The van der Waals surface area contributed by atoms with E-state index < -0.39 is 0 Å². The molecule has 4 aromatic rings. The zero-order chi connectivity index (χ0) is 20.0. The summed E-state index contributed by atoms with van der Waals surface area (Å²) in [6, 6.07) is 9.38. The summed E-state index contributed by atoms with van der Waals surface area (Å²) >= 11 is 17.7. The molecular formula is C19H15BrCl2N4OS. The van der Waals surface area contributed by atoms with Gasteiger partial charge in [-0.25, -0.2) is 4.68 Å². The fourth-order valence-electron chi connectivity index (χ4n) is 2.82. The van der Waals surface area contributed by atoms with Crippen LogP contribution in [-0.4, -0.2) is 19.9 Å². The molecule has 0 aliphatic carbocycles. The zero-order valence-electron chi connectivity index (χ0n) is 15.2. The average Bonchev–Trinajstić information content (AvgIpc) is 3.33. The smallest absolute Gasteiger partial charge is 0.278 e. The van der Waals surface area contributed by atoms with E-state index in [2.05, 4.69) is 26.1 Å². The normalized spacial score (nSPS) is 11.5. The largest absolute Gasteiger partial charge is 0.332 e. The van der Waals surface area contributed by atoms with Crippen molar-refractivity contribution in [2.75, 3.05) is 0 Å². The SMILES string of the molecule is Cc1c(-c2nc(C(C)C)no2)nn(-c2ccc(Cl)cc2Cl)c1-c1ccc(Br)s1. The minimum atomic E-state index is 0.165. The highest BCUT2D eigenvalue weighted by molar-refractivity contribution is 9.11. The van der Waals surface area contributed by atoms with Gasteiger partial charge < -0.3 is 4.52 Å². The summed E-state index contributed by atoms with van der Waals surface area (Å²) in [5.41, 5.74) is 3.20. The predicted molar refractivity (Wildman–Crippen MR) is 117 cm³/mol. The van der Waals surface area contributed by atoms with Crippen LogP contribution in [-0.2, 0) is 0 Å². The van der Waals surface area contributed by atoms with E-state index in [1.807, 2.05) is 39.0 Å². The van der Waals surface area contributed by atoms with E-state index >= 15 is 0 Å². The van der Waals surface area contributed by atoms with Crippen molar-refractivity contribution in [3.05, 3.63) is 55.6 Å². The second-order valence-electron chi connectivity index (χ2n) is 6.55.